The molecule has 294 valence electrons. The Morgan fingerprint density at radius 3 is 1.63 bits per heavy atom. The molecule has 0 radical (unpaired) electrons. The average Bonchev–Trinajstić information content (AvgIpc) is 3.21. The summed E-state index contributed by atoms with van der Waals surface area (Å²) in [7, 11) is 3.89. The normalized spacial score (nSPS) is 12.6. The first-order chi connectivity index (χ1) is 27.5. The van der Waals surface area contributed by atoms with Crippen LogP contribution in [0.15, 0.2) is 97.3 Å². The zero-order valence-corrected chi connectivity index (χ0v) is 31.7. The van der Waals surface area contributed by atoms with Gasteiger partial charge in [0.25, 0.3) is 11.8 Å². The predicted molar refractivity (Wildman–Crippen MR) is 218 cm³/mol. The Bertz CT molecular complexity index is 2420. The number of likely N-dealkylation sites (N-methyl/N-ethyl adjacent to an activating group) is 1. The molecule has 7 rings (SSSR count). The molecule has 0 bridgehead atoms. The number of nitrogens with two attached hydrogens (primary N) is 2. The van der Waals surface area contributed by atoms with Crippen LogP contribution in [-0.4, -0.2) is 97.5 Å². The van der Waals surface area contributed by atoms with Crippen molar-refractivity contribution in [3.8, 4) is 22.3 Å². The van der Waals surface area contributed by atoms with Gasteiger partial charge in [0, 0.05) is 62.3 Å². The molecule has 0 aliphatic carbocycles. The van der Waals surface area contributed by atoms with Crippen LogP contribution in [0.1, 0.15) is 27.1 Å². The second-order valence-electron chi connectivity index (χ2n) is 13.7. The van der Waals surface area contributed by atoms with Gasteiger partial charge in [0.1, 0.15) is 23.3 Å². The van der Waals surface area contributed by atoms with Crippen molar-refractivity contribution >= 4 is 50.9 Å². The molecular weight excluding hydrogens is 731 g/mol. The quantitative estimate of drug-likeness (QED) is 0.140. The van der Waals surface area contributed by atoms with E-state index in [2.05, 4.69) is 20.6 Å². The summed E-state index contributed by atoms with van der Waals surface area (Å²) in [5, 5.41) is 8.32. The molecule has 1 aliphatic heterocycles. The van der Waals surface area contributed by atoms with E-state index in [0.717, 1.165) is 28.6 Å². The molecule has 0 atom stereocenters. The number of carbonyl (C=O) groups is 3. The van der Waals surface area contributed by atoms with E-state index in [9.17, 15) is 23.2 Å². The van der Waals surface area contributed by atoms with Crippen LogP contribution in [0.4, 0.5) is 20.4 Å². The Kier molecular flexibility index (Phi) is 13.0. The van der Waals surface area contributed by atoms with Gasteiger partial charge in [-0.15, -0.1) is 0 Å². The van der Waals surface area contributed by atoms with E-state index in [1.807, 2.05) is 49.3 Å². The summed E-state index contributed by atoms with van der Waals surface area (Å²) in [4.78, 5) is 49.5. The third kappa shape index (κ3) is 10.0. The molecule has 0 unspecified atom stereocenters. The van der Waals surface area contributed by atoms with Crippen LogP contribution in [-0.2, 0) is 9.53 Å². The van der Waals surface area contributed by atoms with Crippen LogP contribution < -0.4 is 22.1 Å². The zero-order chi connectivity index (χ0) is 40.5. The summed E-state index contributed by atoms with van der Waals surface area (Å²) >= 11 is 0. The van der Waals surface area contributed by atoms with Crippen molar-refractivity contribution in [1.29, 1.82) is 0 Å². The number of aromatic nitrogens is 2. The molecule has 57 heavy (non-hydrogen) atoms. The number of hydrogen-bond donors (Lipinski definition) is 4. The predicted octanol–water partition coefficient (Wildman–Crippen LogP) is 5.52. The Morgan fingerprint density at radius 2 is 1.16 bits per heavy atom. The lowest BCUT2D eigenvalue weighted by Gasteiger charge is -2.26. The summed E-state index contributed by atoms with van der Waals surface area (Å²) in [6.45, 7) is 3.74. The summed E-state index contributed by atoms with van der Waals surface area (Å²) in [6.07, 6.45) is 3.14. The fourth-order valence-electron chi connectivity index (χ4n) is 6.42. The SMILES string of the molecule is CN(C)CCNC(=O)c1cnc(N)c2cc(-c3cccc(F)c3)ccc12.Nc1ncc(C(=O)NCCC(=O)N2CCOCC2)c2ccc(-c3cccc(F)c3)cc12. The molecule has 3 amide bonds. The molecule has 12 nitrogen and oxygen atoms in total. The third-order valence-corrected chi connectivity index (χ3v) is 9.47. The first-order valence-corrected chi connectivity index (χ1v) is 18.4. The molecule has 0 spiro atoms. The molecule has 6 aromatic rings. The first-order valence-electron chi connectivity index (χ1n) is 18.4. The second-order valence-corrected chi connectivity index (χ2v) is 13.7. The number of nitrogen functional groups attached to an aromatic ring is 2. The Morgan fingerprint density at radius 1 is 0.684 bits per heavy atom. The minimum absolute atomic E-state index is 0.0105. The van der Waals surface area contributed by atoms with Gasteiger partial charge in [-0.3, -0.25) is 14.4 Å². The first kappa shape index (κ1) is 40.2. The molecular formula is C43H44F2N8O4. The number of nitrogens with one attached hydrogen (secondary N) is 2. The highest BCUT2D eigenvalue weighted by Gasteiger charge is 2.19. The highest BCUT2D eigenvalue weighted by Crippen LogP contribution is 2.31. The van der Waals surface area contributed by atoms with Crippen LogP contribution in [0, 0.1) is 11.6 Å². The average molecular weight is 775 g/mol. The van der Waals surface area contributed by atoms with Crippen molar-refractivity contribution < 1.29 is 27.9 Å². The lowest BCUT2D eigenvalue weighted by Crippen LogP contribution is -2.42. The van der Waals surface area contributed by atoms with E-state index >= 15 is 0 Å². The van der Waals surface area contributed by atoms with Crippen LogP contribution in [0.2, 0.25) is 0 Å². The van der Waals surface area contributed by atoms with Gasteiger partial charge >= 0.3 is 0 Å². The second kappa shape index (κ2) is 18.4. The highest BCUT2D eigenvalue weighted by molar-refractivity contribution is 6.11. The standard InChI is InChI=1S/C23H23FN4O3.C20H21FN4O/c24-17-3-1-2-15(12-17)16-4-5-18-19(13-16)22(25)27-14-20(18)23(30)26-7-6-21(29)28-8-10-31-11-9-28;1-25(2)9-8-23-20(26)18-12-24-19(22)17-11-14(6-7-16(17)18)13-4-3-5-15(21)10-13/h1-5,12-14H,6-11H2,(H2,25,27)(H,26,30);3-7,10-12H,8-9H2,1-2H3,(H2,22,24)(H,23,26). The molecule has 1 saturated heterocycles. The van der Waals surface area contributed by atoms with Gasteiger partial charge in [-0.2, -0.15) is 0 Å². The molecule has 0 saturated carbocycles. The van der Waals surface area contributed by atoms with Gasteiger partial charge in [-0.25, -0.2) is 18.7 Å². The maximum Gasteiger partial charge on any atom is 0.253 e. The fourth-order valence-corrected chi connectivity index (χ4v) is 6.42. The number of nitrogens with zero attached hydrogens (tertiary/aromatic N) is 4. The number of fused-ring (bicyclic) bond motifs is 2. The van der Waals surface area contributed by atoms with E-state index in [-0.39, 0.29) is 48.1 Å². The van der Waals surface area contributed by atoms with E-state index in [0.29, 0.717) is 71.5 Å². The minimum Gasteiger partial charge on any atom is -0.383 e. The maximum atomic E-state index is 13.6. The number of halogens is 2. The van der Waals surface area contributed by atoms with Gasteiger partial charge in [0.05, 0.1) is 24.3 Å². The maximum absolute atomic E-state index is 13.6. The zero-order valence-electron chi connectivity index (χ0n) is 31.7. The van der Waals surface area contributed by atoms with Crippen LogP contribution in [0.5, 0.6) is 0 Å². The number of pyridine rings is 2. The number of carbonyl (C=O) groups excluding carboxylic acids is 3. The number of morpholine rings is 1. The molecule has 3 heterocycles. The Hall–Kier alpha value is -6.51. The van der Waals surface area contributed by atoms with Crippen LogP contribution >= 0.6 is 0 Å². The summed E-state index contributed by atoms with van der Waals surface area (Å²) in [5.41, 5.74) is 15.9. The number of rotatable bonds is 10. The highest BCUT2D eigenvalue weighted by atomic mass is 19.1. The lowest BCUT2D eigenvalue weighted by molar-refractivity contribution is -0.135. The molecule has 6 N–H and O–H groups in total. The van der Waals surface area contributed by atoms with E-state index in [1.165, 1.54) is 36.7 Å². The van der Waals surface area contributed by atoms with Crippen molar-refractivity contribution in [3.05, 3.63) is 120 Å². The molecule has 4 aromatic carbocycles. The van der Waals surface area contributed by atoms with Crippen molar-refractivity contribution in [1.82, 2.24) is 30.4 Å². The molecule has 2 aromatic heterocycles. The topological polar surface area (TPSA) is 169 Å². The van der Waals surface area contributed by atoms with Crippen molar-refractivity contribution in [2.75, 3.05) is 71.5 Å². The van der Waals surface area contributed by atoms with Crippen molar-refractivity contribution in [2.45, 2.75) is 6.42 Å². The van der Waals surface area contributed by atoms with Gasteiger partial charge < -0.3 is 36.6 Å². The Labute approximate surface area is 328 Å². The summed E-state index contributed by atoms with van der Waals surface area (Å²) in [5.74, 6) is -0.543. The third-order valence-electron chi connectivity index (χ3n) is 9.47. The largest absolute Gasteiger partial charge is 0.383 e. The fraction of sp³-hybridized carbons (Fsp3) is 0.233. The lowest BCUT2D eigenvalue weighted by atomic mass is 9.99. The number of anilines is 2. The molecule has 14 heteroatoms. The molecule has 1 aliphatic rings. The van der Waals surface area contributed by atoms with E-state index in [1.54, 1.807) is 35.2 Å². The van der Waals surface area contributed by atoms with E-state index < -0.39 is 0 Å². The van der Waals surface area contributed by atoms with Crippen molar-refractivity contribution in [2.24, 2.45) is 0 Å². The number of amides is 3. The smallest absolute Gasteiger partial charge is 0.253 e. The monoisotopic (exact) mass is 774 g/mol. The van der Waals surface area contributed by atoms with Crippen LogP contribution in [0.25, 0.3) is 43.8 Å². The van der Waals surface area contributed by atoms with Gasteiger partial charge in [0.2, 0.25) is 5.91 Å². The summed E-state index contributed by atoms with van der Waals surface area (Å²) in [6, 6.07) is 23.5. The van der Waals surface area contributed by atoms with Gasteiger partial charge in [-0.05, 0) is 83.5 Å². The summed E-state index contributed by atoms with van der Waals surface area (Å²) < 4.78 is 32.3. The van der Waals surface area contributed by atoms with Crippen molar-refractivity contribution in [3.63, 3.8) is 0 Å². The Balaban J connectivity index is 0.000000196. The molecule has 1 fully saturated rings. The number of ether oxygens (including phenoxy) is 1. The van der Waals surface area contributed by atoms with Gasteiger partial charge in [0.15, 0.2) is 0 Å². The van der Waals surface area contributed by atoms with Gasteiger partial charge in [-0.1, -0.05) is 48.5 Å². The number of benzene rings is 4. The van der Waals surface area contributed by atoms with E-state index in [4.69, 9.17) is 16.2 Å². The number of hydrogen-bond acceptors (Lipinski definition) is 9. The van der Waals surface area contributed by atoms with Crippen LogP contribution in [0.3, 0.4) is 0 Å². The minimum atomic E-state index is -0.330.